The molecule has 0 saturated carbocycles. The summed E-state index contributed by atoms with van der Waals surface area (Å²) in [6.07, 6.45) is -0.818. The lowest BCUT2D eigenvalue weighted by atomic mass is 10.0. The Kier molecular flexibility index (Phi) is 7.49. The molecule has 0 spiro atoms. The fourth-order valence-corrected chi connectivity index (χ4v) is 2.34. The third kappa shape index (κ3) is 6.54. The first-order chi connectivity index (χ1) is 13.0. The zero-order valence-corrected chi connectivity index (χ0v) is 14.8. The van der Waals surface area contributed by atoms with Gasteiger partial charge >= 0.3 is 12.1 Å². The minimum atomic E-state index is -0.656. The van der Waals surface area contributed by atoms with Crippen molar-refractivity contribution in [3.05, 3.63) is 71.5 Å². The van der Waals surface area contributed by atoms with E-state index in [0.717, 1.165) is 12.1 Å². The average Bonchev–Trinajstić information content (AvgIpc) is 2.67. The number of halogens is 1. The maximum atomic E-state index is 12.9. The van der Waals surface area contributed by atoms with Gasteiger partial charge in [-0.1, -0.05) is 30.3 Å². The Balaban J connectivity index is 1.95. The van der Waals surface area contributed by atoms with E-state index in [1.54, 1.807) is 31.2 Å². The molecule has 0 fully saturated rings. The minimum absolute atomic E-state index is 0.167. The molecule has 0 radical (unpaired) electrons. The van der Waals surface area contributed by atoms with Crippen LogP contribution < -0.4 is 5.32 Å². The van der Waals surface area contributed by atoms with E-state index in [9.17, 15) is 18.8 Å². The number of esters is 1. The predicted octanol–water partition coefficient (Wildman–Crippen LogP) is 3.43. The highest BCUT2D eigenvalue weighted by atomic mass is 19.1. The molecule has 0 bridgehead atoms. The molecule has 27 heavy (non-hydrogen) atoms. The summed E-state index contributed by atoms with van der Waals surface area (Å²) in [5.74, 6) is -1.56. The largest absolute Gasteiger partial charge is 0.457 e. The fraction of sp³-hybridized carbons (Fsp3) is 0.250. The highest BCUT2D eigenvalue weighted by Gasteiger charge is 2.20. The number of carbonyl (C=O) groups excluding carboxylic acids is 3. The number of hydrogen-bond acceptors (Lipinski definition) is 5. The molecule has 0 saturated heterocycles. The van der Waals surface area contributed by atoms with Crippen LogP contribution in [0.5, 0.6) is 0 Å². The van der Waals surface area contributed by atoms with Gasteiger partial charge < -0.3 is 14.8 Å². The second-order valence-corrected chi connectivity index (χ2v) is 5.62. The third-order valence-corrected chi connectivity index (χ3v) is 3.67. The number of ketones is 1. The van der Waals surface area contributed by atoms with Crippen LogP contribution >= 0.6 is 0 Å². The van der Waals surface area contributed by atoms with Gasteiger partial charge in [-0.05, 0) is 36.8 Å². The van der Waals surface area contributed by atoms with Crippen molar-refractivity contribution < 1.29 is 28.2 Å². The maximum absolute atomic E-state index is 12.9. The number of nitrogens with one attached hydrogen (secondary N) is 1. The normalized spacial score (nSPS) is 11.3. The van der Waals surface area contributed by atoms with Crippen LogP contribution in [0.3, 0.4) is 0 Å². The number of benzene rings is 2. The van der Waals surface area contributed by atoms with Crippen LogP contribution in [0.4, 0.5) is 9.18 Å². The van der Waals surface area contributed by atoms with E-state index in [1.165, 1.54) is 12.1 Å². The number of ether oxygens (including phenoxy) is 2. The number of rotatable bonds is 8. The lowest BCUT2D eigenvalue weighted by Crippen LogP contribution is -2.31. The zero-order chi connectivity index (χ0) is 19.6. The first kappa shape index (κ1) is 20.1. The van der Waals surface area contributed by atoms with Gasteiger partial charge in [0.05, 0.1) is 19.1 Å². The maximum Gasteiger partial charge on any atom is 0.407 e. The standard InChI is InChI=1S/C20H20FNO5/c1-2-26-20(25)22-17(14-6-4-3-5-7-14)12-19(24)27-13-18(23)15-8-10-16(21)11-9-15/h3-11,17H,2,12-13H2,1H3,(H,22,25)/t17-/m1/s1. The number of alkyl carbamates (subject to hydrolysis) is 1. The monoisotopic (exact) mass is 373 g/mol. The van der Waals surface area contributed by atoms with Crippen LogP contribution in [0.1, 0.15) is 35.3 Å². The molecular formula is C20H20FNO5. The van der Waals surface area contributed by atoms with Crippen LogP contribution in [0.2, 0.25) is 0 Å². The number of carbonyl (C=O) groups is 3. The van der Waals surface area contributed by atoms with Crippen molar-refractivity contribution in [2.24, 2.45) is 0 Å². The molecule has 0 aliphatic heterocycles. The molecule has 6 nitrogen and oxygen atoms in total. The highest BCUT2D eigenvalue weighted by Crippen LogP contribution is 2.17. The molecule has 2 aromatic rings. The Morgan fingerprint density at radius 2 is 1.67 bits per heavy atom. The van der Waals surface area contributed by atoms with Crippen molar-refractivity contribution in [3.63, 3.8) is 0 Å². The molecule has 0 unspecified atom stereocenters. The molecule has 0 aliphatic carbocycles. The van der Waals surface area contributed by atoms with Crippen molar-refractivity contribution in [2.45, 2.75) is 19.4 Å². The van der Waals surface area contributed by atoms with E-state index in [1.807, 2.05) is 6.07 Å². The molecule has 0 aromatic heterocycles. The molecular weight excluding hydrogens is 353 g/mol. The Labute approximate surface area is 156 Å². The molecule has 1 N–H and O–H groups in total. The molecule has 7 heteroatoms. The first-order valence-corrected chi connectivity index (χ1v) is 8.42. The summed E-state index contributed by atoms with van der Waals surface area (Å²) >= 11 is 0. The summed E-state index contributed by atoms with van der Waals surface area (Å²) in [6.45, 7) is 1.40. The Hall–Kier alpha value is -3.22. The molecule has 0 aliphatic rings. The fourth-order valence-electron chi connectivity index (χ4n) is 2.34. The van der Waals surface area contributed by atoms with E-state index < -0.39 is 36.3 Å². The van der Waals surface area contributed by atoms with Gasteiger partial charge in [0.25, 0.3) is 0 Å². The van der Waals surface area contributed by atoms with Crippen LogP contribution in [-0.2, 0) is 14.3 Å². The van der Waals surface area contributed by atoms with Crippen molar-refractivity contribution in [3.8, 4) is 0 Å². The van der Waals surface area contributed by atoms with Crippen molar-refractivity contribution in [1.29, 1.82) is 0 Å². The number of hydrogen-bond donors (Lipinski definition) is 1. The van der Waals surface area contributed by atoms with Crippen molar-refractivity contribution in [2.75, 3.05) is 13.2 Å². The van der Waals surface area contributed by atoms with E-state index in [0.29, 0.717) is 5.56 Å². The second-order valence-electron chi connectivity index (χ2n) is 5.62. The Morgan fingerprint density at radius 3 is 2.30 bits per heavy atom. The van der Waals surface area contributed by atoms with Crippen LogP contribution in [-0.4, -0.2) is 31.1 Å². The van der Waals surface area contributed by atoms with Crippen LogP contribution in [0.15, 0.2) is 54.6 Å². The second kappa shape index (κ2) is 10.1. The molecule has 1 amide bonds. The molecule has 0 heterocycles. The zero-order valence-electron chi connectivity index (χ0n) is 14.8. The van der Waals surface area contributed by atoms with E-state index in [2.05, 4.69) is 5.32 Å². The quantitative estimate of drug-likeness (QED) is 0.566. The van der Waals surface area contributed by atoms with Gasteiger partial charge in [-0.15, -0.1) is 0 Å². The summed E-state index contributed by atoms with van der Waals surface area (Å²) < 4.78 is 22.7. The summed E-state index contributed by atoms with van der Waals surface area (Å²) in [5.41, 5.74) is 0.945. The van der Waals surface area contributed by atoms with Crippen molar-refractivity contribution >= 4 is 17.8 Å². The molecule has 2 rings (SSSR count). The van der Waals surface area contributed by atoms with Gasteiger partial charge in [-0.25, -0.2) is 9.18 Å². The van der Waals surface area contributed by atoms with Crippen molar-refractivity contribution in [1.82, 2.24) is 5.32 Å². The molecule has 1 atom stereocenters. The van der Waals surface area contributed by atoms with Crippen LogP contribution in [0.25, 0.3) is 0 Å². The van der Waals surface area contributed by atoms with Gasteiger partial charge in [0.1, 0.15) is 5.82 Å². The third-order valence-electron chi connectivity index (χ3n) is 3.67. The summed E-state index contributed by atoms with van der Waals surface area (Å²) in [5, 5.41) is 2.60. The summed E-state index contributed by atoms with van der Waals surface area (Å²) in [7, 11) is 0. The molecule has 142 valence electrons. The number of amides is 1. The van der Waals surface area contributed by atoms with Gasteiger partial charge in [-0.3, -0.25) is 9.59 Å². The Morgan fingerprint density at radius 1 is 1.00 bits per heavy atom. The van der Waals surface area contributed by atoms with Gasteiger partial charge in [-0.2, -0.15) is 0 Å². The lowest BCUT2D eigenvalue weighted by molar-refractivity contribution is -0.143. The van der Waals surface area contributed by atoms with Gasteiger partial charge in [0.2, 0.25) is 0 Å². The van der Waals surface area contributed by atoms with E-state index in [-0.39, 0.29) is 18.6 Å². The smallest absolute Gasteiger partial charge is 0.407 e. The van der Waals surface area contributed by atoms with Gasteiger partial charge in [0.15, 0.2) is 12.4 Å². The average molecular weight is 373 g/mol. The Bertz CT molecular complexity index is 777. The van der Waals surface area contributed by atoms with Gasteiger partial charge in [0, 0.05) is 5.56 Å². The first-order valence-electron chi connectivity index (χ1n) is 8.42. The SMILES string of the molecule is CCOC(=O)N[C@H](CC(=O)OCC(=O)c1ccc(F)cc1)c1ccccc1. The highest BCUT2D eigenvalue weighted by molar-refractivity contribution is 5.97. The van der Waals surface area contributed by atoms with E-state index >= 15 is 0 Å². The summed E-state index contributed by atoms with van der Waals surface area (Å²) in [6, 6.07) is 13.2. The minimum Gasteiger partial charge on any atom is -0.457 e. The predicted molar refractivity (Wildman–Crippen MR) is 95.6 cm³/mol. The molecule has 2 aromatic carbocycles. The summed E-state index contributed by atoms with van der Waals surface area (Å²) in [4.78, 5) is 35.8. The number of Topliss-reactive ketones (excluding diaryl/α,β-unsaturated/α-hetero) is 1. The van der Waals surface area contributed by atoms with Crippen LogP contribution in [0, 0.1) is 5.82 Å². The lowest BCUT2D eigenvalue weighted by Gasteiger charge is -2.18. The van der Waals surface area contributed by atoms with E-state index in [4.69, 9.17) is 9.47 Å². The topological polar surface area (TPSA) is 81.7 Å².